The van der Waals surface area contributed by atoms with Crippen LogP contribution in [0.25, 0.3) is 0 Å². The third kappa shape index (κ3) is 8.79. The normalized spacial score (nSPS) is 15.7. The zero-order chi connectivity index (χ0) is 31.3. The van der Waals surface area contributed by atoms with E-state index in [4.69, 9.17) is 46.4 Å². The maximum absolute atomic E-state index is 13.6. The Morgan fingerprint density at radius 1 is 0.860 bits per heavy atom. The van der Waals surface area contributed by atoms with Gasteiger partial charge in [0.2, 0.25) is 17.7 Å². The van der Waals surface area contributed by atoms with Gasteiger partial charge in [0.25, 0.3) is 0 Å². The summed E-state index contributed by atoms with van der Waals surface area (Å²) in [6.45, 7) is -0.0181. The predicted molar refractivity (Wildman–Crippen MR) is 160 cm³/mol. The molecule has 4 rings (SSSR count). The molecule has 0 spiro atoms. The summed E-state index contributed by atoms with van der Waals surface area (Å²) < 4.78 is 39.1. The number of nitrogens with zero attached hydrogens (tertiary/aromatic N) is 2. The number of piperazine rings is 1. The van der Waals surface area contributed by atoms with Gasteiger partial charge in [-0.1, -0.05) is 70.7 Å². The van der Waals surface area contributed by atoms with Crippen LogP contribution in [0.3, 0.4) is 0 Å². The summed E-state index contributed by atoms with van der Waals surface area (Å²) in [4.78, 5) is 42.5. The standard InChI is InChI=1S/C30H26Cl4F3N3O3/c31-22-7-3-19(24(33)13-22)9-11-38-27(41)15-26-29(43)39(12-10-20-4-8-23(32)14-25(20)34)17-28(42)40(26)16-18-1-5-21(6-2-18)30(35,36)37/h1-8,13-14,26H,9-12,15-17H2,(H,38,41). The van der Waals surface area contributed by atoms with E-state index in [0.29, 0.717) is 38.5 Å². The summed E-state index contributed by atoms with van der Waals surface area (Å²) in [6.07, 6.45) is -4.10. The monoisotopic (exact) mass is 673 g/mol. The van der Waals surface area contributed by atoms with Crippen LogP contribution >= 0.6 is 46.4 Å². The smallest absolute Gasteiger partial charge is 0.356 e. The number of alkyl halides is 3. The molecule has 0 saturated carbocycles. The first kappa shape index (κ1) is 32.9. The van der Waals surface area contributed by atoms with Gasteiger partial charge in [0.05, 0.1) is 18.5 Å². The topological polar surface area (TPSA) is 69.7 Å². The second-order valence-corrected chi connectivity index (χ2v) is 11.7. The highest BCUT2D eigenvalue weighted by atomic mass is 35.5. The molecule has 0 aromatic heterocycles. The summed E-state index contributed by atoms with van der Waals surface area (Å²) in [5.41, 5.74) is 1.05. The van der Waals surface area contributed by atoms with E-state index >= 15 is 0 Å². The number of nitrogens with one attached hydrogen (secondary N) is 1. The molecule has 1 aliphatic heterocycles. The Kier molecular flexibility index (Phi) is 10.9. The number of halogens is 7. The predicted octanol–water partition coefficient (Wildman–Crippen LogP) is 6.85. The van der Waals surface area contributed by atoms with Crippen LogP contribution in [-0.4, -0.2) is 53.2 Å². The molecule has 13 heteroatoms. The van der Waals surface area contributed by atoms with Crippen LogP contribution < -0.4 is 5.32 Å². The summed E-state index contributed by atoms with van der Waals surface area (Å²) in [5, 5.41) is 4.57. The molecule has 0 radical (unpaired) electrons. The van der Waals surface area contributed by atoms with Crippen molar-refractivity contribution >= 4 is 64.1 Å². The van der Waals surface area contributed by atoms with Gasteiger partial charge >= 0.3 is 6.18 Å². The van der Waals surface area contributed by atoms with Crippen LogP contribution in [0.1, 0.15) is 28.7 Å². The first-order chi connectivity index (χ1) is 20.3. The van der Waals surface area contributed by atoms with Crippen molar-refractivity contribution in [3.05, 3.63) is 103 Å². The van der Waals surface area contributed by atoms with E-state index in [1.807, 2.05) is 0 Å². The van der Waals surface area contributed by atoms with Gasteiger partial charge in [-0.05, 0) is 65.9 Å². The van der Waals surface area contributed by atoms with E-state index in [2.05, 4.69) is 5.32 Å². The maximum atomic E-state index is 13.6. The number of amides is 3. The Hall–Kier alpha value is -2.98. The number of benzene rings is 3. The molecule has 1 heterocycles. The lowest BCUT2D eigenvalue weighted by atomic mass is 10.0. The molecule has 3 aromatic carbocycles. The SMILES string of the molecule is O=C(CC1C(=O)N(CCc2ccc(Cl)cc2Cl)CC(=O)N1Cc1ccc(C(F)(F)F)cc1)NCCc1ccc(Cl)cc1Cl. The lowest BCUT2D eigenvalue weighted by Gasteiger charge is -2.40. The van der Waals surface area contributed by atoms with Crippen molar-refractivity contribution in [2.24, 2.45) is 0 Å². The highest BCUT2D eigenvalue weighted by Gasteiger charge is 2.40. The van der Waals surface area contributed by atoms with Crippen molar-refractivity contribution < 1.29 is 27.6 Å². The summed E-state index contributed by atoms with van der Waals surface area (Å²) in [5.74, 6) is -1.36. The summed E-state index contributed by atoms with van der Waals surface area (Å²) in [7, 11) is 0. The molecule has 228 valence electrons. The second-order valence-electron chi connectivity index (χ2n) is 10.0. The van der Waals surface area contributed by atoms with E-state index in [1.165, 1.54) is 21.9 Å². The average molecular weight is 675 g/mol. The Labute approximate surface area is 266 Å². The molecule has 3 aromatic rings. The van der Waals surface area contributed by atoms with Crippen LogP contribution in [0.4, 0.5) is 13.2 Å². The number of hydrogen-bond acceptors (Lipinski definition) is 3. The minimum atomic E-state index is -4.51. The van der Waals surface area contributed by atoms with Crippen molar-refractivity contribution in [1.29, 1.82) is 0 Å². The largest absolute Gasteiger partial charge is 0.416 e. The molecule has 1 atom stereocenters. The van der Waals surface area contributed by atoms with Crippen molar-refractivity contribution in [3.8, 4) is 0 Å². The maximum Gasteiger partial charge on any atom is 0.416 e. The van der Waals surface area contributed by atoms with Crippen molar-refractivity contribution in [2.75, 3.05) is 19.6 Å². The van der Waals surface area contributed by atoms with E-state index in [1.54, 1.807) is 36.4 Å². The molecule has 6 nitrogen and oxygen atoms in total. The zero-order valence-corrected chi connectivity index (χ0v) is 25.6. The van der Waals surface area contributed by atoms with E-state index in [0.717, 1.165) is 23.3 Å². The zero-order valence-electron chi connectivity index (χ0n) is 22.6. The van der Waals surface area contributed by atoms with Gasteiger partial charge in [0.1, 0.15) is 6.04 Å². The van der Waals surface area contributed by atoms with Gasteiger partial charge in [0, 0.05) is 39.7 Å². The molecule has 1 fully saturated rings. The van der Waals surface area contributed by atoms with Crippen LogP contribution in [-0.2, 0) is 39.9 Å². The fourth-order valence-electron chi connectivity index (χ4n) is 4.72. The molecule has 1 aliphatic rings. The Balaban J connectivity index is 1.48. The van der Waals surface area contributed by atoms with Gasteiger partial charge in [-0.25, -0.2) is 0 Å². The minimum Gasteiger partial charge on any atom is -0.356 e. The highest BCUT2D eigenvalue weighted by Crippen LogP contribution is 2.30. The summed E-state index contributed by atoms with van der Waals surface area (Å²) in [6, 6.07) is 13.2. The van der Waals surface area contributed by atoms with Gasteiger partial charge in [-0.3, -0.25) is 14.4 Å². The van der Waals surface area contributed by atoms with E-state index < -0.39 is 35.5 Å². The molecule has 1 unspecified atom stereocenters. The molecular weight excluding hydrogens is 649 g/mol. The Morgan fingerprint density at radius 3 is 2.00 bits per heavy atom. The number of rotatable bonds is 10. The van der Waals surface area contributed by atoms with Crippen LogP contribution in [0, 0.1) is 0 Å². The third-order valence-electron chi connectivity index (χ3n) is 7.03. The lowest BCUT2D eigenvalue weighted by Crippen LogP contribution is -2.60. The van der Waals surface area contributed by atoms with Gasteiger partial charge in [-0.2, -0.15) is 13.2 Å². The van der Waals surface area contributed by atoms with Gasteiger partial charge in [-0.15, -0.1) is 0 Å². The minimum absolute atomic E-state index is 0.141. The number of carbonyl (C=O) groups is 3. The van der Waals surface area contributed by atoms with E-state index in [9.17, 15) is 27.6 Å². The quantitative estimate of drug-likeness (QED) is 0.256. The number of carbonyl (C=O) groups excluding carboxylic acids is 3. The lowest BCUT2D eigenvalue weighted by molar-refractivity contribution is -0.157. The first-order valence-electron chi connectivity index (χ1n) is 13.2. The fourth-order valence-corrected chi connectivity index (χ4v) is 5.73. The van der Waals surface area contributed by atoms with E-state index in [-0.39, 0.29) is 32.6 Å². The second kappa shape index (κ2) is 14.2. The van der Waals surface area contributed by atoms with Gasteiger partial charge < -0.3 is 15.1 Å². The van der Waals surface area contributed by atoms with Crippen molar-refractivity contribution in [1.82, 2.24) is 15.1 Å². The van der Waals surface area contributed by atoms with Crippen LogP contribution in [0.5, 0.6) is 0 Å². The van der Waals surface area contributed by atoms with Gasteiger partial charge in [0.15, 0.2) is 0 Å². The highest BCUT2D eigenvalue weighted by molar-refractivity contribution is 6.35. The molecular formula is C30H26Cl4F3N3O3. The molecule has 1 saturated heterocycles. The molecule has 3 amide bonds. The fraction of sp³-hybridized carbons (Fsp3) is 0.300. The molecule has 1 N–H and O–H groups in total. The molecule has 0 aliphatic carbocycles. The summed E-state index contributed by atoms with van der Waals surface area (Å²) >= 11 is 24.4. The average Bonchev–Trinajstić information content (AvgIpc) is 2.93. The Bertz CT molecular complexity index is 1500. The number of hydrogen-bond donors (Lipinski definition) is 1. The molecule has 0 bridgehead atoms. The van der Waals surface area contributed by atoms with Crippen molar-refractivity contribution in [3.63, 3.8) is 0 Å². The third-order valence-corrected chi connectivity index (χ3v) is 8.20. The molecule has 43 heavy (non-hydrogen) atoms. The van der Waals surface area contributed by atoms with Crippen molar-refractivity contribution in [2.45, 2.75) is 38.0 Å². The Morgan fingerprint density at radius 2 is 1.44 bits per heavy atom. The van der Waals surface area contributed by atoms with Crippen LogP contribution in [0.15, 0.2) is 60.7 Å². The first-order valence-corrected chi connectivity index (χ1v) is 14.7. The van der Waals surface area contributed by atoms with Crippen LogP contribution in [0.2, 0.25) is 20.1 Å².